The van der Waals surface area contributed by atoms with E-state index in [1.807, 2.05) is 58.9 Å². The first kappa shape index (κ1) is 22.6. The number of hydrogen-bond acceptors (Lipinski definition) is 3. The van der Waals surface area contributed by atoms with Gasteiger partial charge in [-0.3, -0.25) is 14.1 Å². The number of halogens is 1. The van der Waals surface area contributed by atoms with Gasteiger partial charge < -0.3 is 5.32 Å². The van der Waals surface area contributed by atoms with Gasteiger partial charge in [0.15, 0.2) is 0 Å². The normalized spacial score (nSPS) is 16.3. The summed E-state index contributed by atoms with van der Waals surface area (Å²) in [5.41, 5.74) is 3.64. The van der Waals surface area contributed by atoms with Crippen LogP contribution in [-0.4, -0.2) is 27.4 Å². The number of nitrogens with zero attached hydrogens (tertiary/aromatic N) is 2. The first-order valence-corrected chi connectivity index (χ1v) is 13.0. The van der Waals surface area contributed by atoms with E-state index in [1.54, 1.807) is 24.4 Å². The molecule has 0 aliphatic carbocycles. The lowest BCUT2D eigenvalue weighted by Gasteiger charge is -2.21. The van der Waals surface area contributed by atoms with Crippen molar-refractivity contribution in [3.05, 3.63) is 89.6 Å². The first-order valence-electron chi connectivity index (χ1n) is 11.3. The number of aromatic nitrogens is 1. The number of benzene rings is 3. The fourth-order valence-electron chi connectivity index (χ4n) is 4.25. The second kappa shape index (κ2) is 9.95. The predicted molar refractivity (Wildman–Crippen MR) is 141 cm³/mol. The van der Waals surface area contributed by atoms with Crippen LogP contribution in [0.15, 0.2) is 79.0 Å². The summed E-state index contributed by atoms with van der Waals surface area (Å²) in [6.45, 7) is 0.769. The number of anilines is 2. The van der Waals surface area contributed by atoms with E-state index in [0.29, 0.717) is 22.0 Å². The molecule has 0 spiro atoms. The zero-order valence-electron chi connectivity index (χ0n) is 18.5. The van der Waals surface area contributed by atoms with Gasteiger partial charge in [0, 0.05) is 51.4 Å². The highest BCUT2D eigenvalue weighted by atomic mass is 35.5. The highest BCUT2D eigenvalue weighted by molar-refractivity contribution is 7.86. The third-order valence-corrected chi connectivity index (χ3v) is 7.69. The largest absolute Gasteiger partial charge is 0.322 e. The Hall–Kier alpha value is -3.22. The van der Waals surface area contributed by atoms with Gasteiger partial charge >= 0.3 is 0 Å². The molecule has 7 heteroatoms. The second-order valence-electron chi connectivity index (χ2n) is 8.30. The lowest BCUT2D eigenvalue weighted by atomic mass is 10.0. The van der Waals surface area contributed by atoms with Crippen LogP contribution in [0.4, 0.5) is 11.4 Å². The Labute approximate surface area is 206 Å². The molecule has 5 nitrogen and oxygen atoms in total. The molecular formula is C27H24ClN3O2S. The Morgan fingerprint density at radius 2 is 1.79 bits per heavy atom. The molecule has 172 valence electrons. The number of rotatable bonds is 4. The highest BCUT2D eigenvalue weighted by Gasteiger charge is 2.18. The number of amides is 1. The fourth-order valence-corrected chi connectivity index (χ4v) is 5.84. The molecule has 4 aromatic rings. The van der Waals surface area contributed by atoms with Crippen LogP contribution in [-0.2, 0) is 11.0 Å². The summed E-state index contributed by atoms with van der Waals surface area (Å²) in [7, 11) is -1.02. The summed E-state index contributed by atoms with van der Waals surface area (Å²) in [5.74, 6) is 0.452. The van der Waals surface area contributed by atoms with Gasteiger partial charge in [0.2, 0.25) is 0 Å². The van der Waals surface area contributed by atoms with Gasteiger partial charge in [0.1, 0.15) is 11.0 Å². The molecule has 1 amide bonds. The predicted octanol–water partition coefficient (Wildman–Crippen LogP) is 6.46. The number of carbonyl (C=O) groups excluding carboxylic acids is 1. The van der Waals surface area contributed by atoms with Gasteiger partial charge in [-0.15, -0.1) is 0 Å². The van der Waals surface area contributed by atoms with Gasteiger partial charge in [-0.05, 0) is 66.8 Å². The minimum Gasteiger partial charge on any atom is -0.322 e. The van der Waals surface area contributed by atoms with Crippen LogP contribution >= 0.6 is 11.6 Å². The van der Waals surface area contributed by atoms with Crippen molar-refractivity contribution in [2.24, 2.45) is 0 Å². The van der Waals surface area contributed by atoms with Crippen molar-refractivity contribution < 1.29 is 9.00 Å². The van der Waals surface area contributed by atoms with Crippen molar-refractivity contribution in [1.29, 1.82) is 0 Å². The third kappa shape index (κ3) is 4.83. The first-order chi connectivity index (χ1) is 16.6. The van der Waals surface area contributed by atoms with E-state index in [4.69, 9.17) is 11.6 Å². The van der Waals surface area contributed by atoms with Gasteiger partial charge in [-0.25, -0.2) is 4.21 Å². The Bertz CT molecular complexity index is 1370. The molecule has 1 aliphatic heterocycles. The number of carbonyl (C=O) groups is 1. The molecule has 1 unspecified atom stereocenters. The standard InChI is InChI=1S/C27H24ClN3O2S/c28-22-16-21(26-25-7-3-2-6-19(25)12-13-29-26)17-23(18-22)30-27(32)20-8-10-24(11-9-20)31-14-4-1-5-15-34(31)33/h2-3,6-13,16-18H,1,4-5,14-15H2,(H,30,32). The molecule has 3 aromatic carbocycles. The molecule has 0 saturated carbocycles. The van der Waals surface area contributed by atoms with Crippen LogP contribution in [0.25, 0.3) is 22.0 Å². The summed E-state index contributed by atoms with van der Waals surface area (Å²) < 4.78 is 14.4. The van der Waals surface area contributed by atoms with E-state index >= 15 is 0 Å². The molecule has 34 heavy (non-hydrogen) atoms. The molecule has 0 bridgehead atoms. The minimum absolute atomic E-state index is 0.234. The number of nitrogens with one attached hydrogen (secondary N) is 1. The topological polar surface area (TPSA) is 62.3 Å². The average Bonchev–Trinajstić information content (AvgIpc) is 3.07. The van der Waals surface area contributed by atoms with Crippen LogP contribution in [0.1, 0.15) is 29.6 Å². The molecule has 1 fully saturated rings. The van der Waals surface area contributed by atoms with E-state index < -0.39 is 11.0 Å². The molecule has 1 atom stereocenters. The molecule has 1 aliphatic rings. The van der Waals surface area contributed by atoms with Crippen LogP contribution in [0.3, 0.4) is 0 Å². The summed E-state index contributed by atoms with van der Waals surface area (Å²) >= 11 is 6.40. The van der Waals surface area contributed by atoms with Crippen molar-refractivity contribution >= 4 is 50.6 Å². The van der Waals surface area contributed by atoms with Gasteiger partial charge in [0.05, 0.1) is 5.69 Å². The minimum atomic E-state index is -1.02. The quantitative estimate of drug-likeness (QED) is 0.357. The summed E-state index contributed by atoms with van der Waals surface area (Å²) in [6, 6.07) is 22.7. The lowest BCUT2D eigenvalue weighted by molar-refractivity contribution is 0.102. The van der Waals surface area contributed by atoms with Crippen LogP contribution in [0.2, 0.25) is 5.02 Å². The average molecular weight is 490 g/mol. The van der Waals surface area contributed by atoms with Crippen molar-refractivity contribution in [2.75, 3.05) is 21.9 Å². The summed E-state index contributed by atoms with van der Waals surface area (Å²) in [6.07, 6.45) is 4.88. The van der Waals surface area contributed by atoms with Crippen molar-refractivity contribution in [3.8, 4) is 11.3 Å². The van der Waals surface area contributed by atoms with Gasteiger partial charge in [-0.2, -0.15) is 0 Å². The molecule has 1 N–H and O–H groups in total. The molecule has 5 rings (SSSR count). The fraction of sp³-hybridized carbons (Fsp3) is 0.185. The molecule has 1 saturated heterocycles. The third-order valence-electron chi connectivity index (χ3n) is 5.95. The Morgan fingerprint density at radius 1 is 0.971 bits per heavy atom. The summed E-state index contributed by atoms with van der Waals surface area (Å²) in [5, 5.41) is 5.57. The molecular weight excluding hydrogens is 466 g/mol. The van der Waals surface area contributed by atoms with Gasteiger partial charge in [0.25, 0.3) is 5.91 Å². The smallest absolute Gasteiger partial charge is 0.255 e. The zero-order chi connectivity index (χ0) is 23.5. The highest BCUT2D eigenvalue weighted by Crippen LogP contribution is 2.31. The van der Waals surface area contributed by atoms with Crippen LogP contribution in [0.5, 0.6) is 0 Å². The summed E-state index contributed by atoms with van der Waals surface area (Å²) in [4.78, 5) is 17.5. The van der Waals surface area contributed by atoms with Crippen LogP contribution in [0, 0.1) is 0 Å². The Morgan fingerprint density at radius 3 is 2.65 bits per heavy atom. The van der Waals surface area contributed by atoms with E-state index in [-0.39, 0.29) is 5.91 Å². The molecule has 0 radical (unpaired) electrons. The van der Waals surface area contributed by atoms with Crippen molar-refractivity contribution in [2.45, 2.75) is 19.3 Å². The number of pyridine rings is 1. The number of hydrogen-bond donors (Lipinski definition) is 1. The van der Waals surface area contributed by atoms with E-state index in [2.05, 4.69) is 10.3 Å². The SMILES string of the molecule is O=C(Nc1cc(Cl)cc(-c2nccc3ccccc23)c1)c1ccc(N2CCCCCS2=O)cc1. The van der Waals surface area contributed by atoms with Gasteiger partial charge in [-0.1, -0.05) is 42.3 Å². The number of fused-ring (bicyclic) bond motifs is 1. The maximum Gasteiger partial charge on any atom is 0.255 e. The van der Waals surface area contributed by atoms with Crippen LogP contribution < -0.4 is 9.62 Å². The van der Waals surface area contributed by atoms with E-state index in [0.717, 1.165) is 53.5 Å². The van der Waals surface area contributed by atoms with E-state index in [1.165, 1.54) is 0 Å². The maximum atomic E-state index is 12.9. The second-order valence-corrected chi connectivity index (χ2v) is 10.2. The van der Waals surface area contributed by atoms with E-state index in [9.17, 15) is 9.00 Å². The Balaban J connectivity index is 1.38. The molecule has 1 aromatic heterocycles. The zero-order valence-corrected chi connectivity index (χ0v) is 20.1. The lowest BCUT2D eigenvalue weighted by Crippen LogP contribution is -2.26. The van der Waals surface area contributed by atoms with Crippen molar-refractivity contribution in [3.63, 3.8) is 0 Å². The molecule has 2 heterocycles. The maximum absolute atomic E-state index is 12.9. The Kier molecular flexibility index (Phi) is 6.61. The van der Waals surface area contributed by atoms with Crippen molar-refractivity contribution in [1.82, 2.24) is 4.98 Å². The monoisotopic (exact) mass is 489 g/mol.